The highest BCUT2D eigenvalue weighted by Gasteiger charge is 2.18. The maximum atomic E-state index is 12.9. The monoisotopic (exact) mass is 312 g/mol. The van der Waals surface area contributed by atoms with Crippen LogP contribution in [0.3, 0.4) is 0 Å². The Morgan fingerprint density at radius 1 is 1.13 bits per heavy atom. The second-order valence-corrected chi connectivity index (χ2v) is 4.76. The summed E-state index contributed by atoms with van der Waals surface area (Å²) in [5, 5.41) is 6.36. The number of benzene rings is 2. The van der Waals surface area contributed by atoms with Crippen LogP contribution in [0.2, 0.25) is 0 Å². The van der Waals surface area contributed by atoms with Crippen molar-refractivity contribution >= 4 is 11.6 Å². The van der Waals surface area contributed by atoms with Gasteiger partial charge < -0.3 is 14.6 Å². The Bertz CT molecular complexity index is 811. The van der Waals surface area contributed by atoms with E-state index in [9.17, 15) is 9.18 Å². The largest absolute Gasteiger partial charge is 0.497 e. The van der Waals surface area contributed by atoms with Crippen molar-refractivity contribution in [3.63, 3.8) is 0 Å². The first-order chi connectivity index (χ1) is 11.2. The molecule has 0 spiro atoms. The number of nitrogens with zero attached hydrogens (tertiary/aromatic N) is 1. The molecule has 1 heterocycles. The molecule has 116 valence electrons. The van der Waals surface area contributed by atoms with Crippen LogP contribution in [0.4, 0.5) is 10.1 Å². The van der Waals surface area contributed by atoms with Gasteiger partial charge in [0.15, 0.2) is 5.76 Å². The summed E-state index contributed by atoms with van der Waals surface area (Å²) >= 11 is 0. The molecule has 0 atom stereocenters. The average Bonchev–Trinajstić information content (AvgIpc) is 3.07. The topological polar surface area (TPSA) is 64.4 Å². The van der Waals surface area contributed by atoms with Crippen LogP contribution in [0.25, 0.3) is 11.3 Å². The van der Waals surface area contributed by atoms with Gasteiger partial charge in [-0.25, -0.2) is 4.39 Å². The van der Waals surface area contributed by atoms with Crippen molar-refractivity contribution in [3.8, 4) is 17.1 Å². The van der Waals surface area contributed by atoms with Crippen molar-refractivity contribution in [2.75, 3.05) is 12.4 Å². The summed E-state index contributed by atoms with van der Waals surface area (Å²) in [6.07, 6.45) is 1.35. The van der Waals surface area contributed by atoms with Crippen LogP contribution >= 0.6 is 0 Å². The summed E-state index contributed by atoms with van der Waals surface area (Å²) in [6.45, 7) is 0. The second kappa shape index (κ2) is 6.31. The third kappa shape index (κ3) is 3.21. The quantitative estimate of drug-likeness (QED) is 0.797. The molecule has 0 fully saturated rings. The molecule has 6 heteroatoms. The van der Waals surface area contributed by atoms with Gasteiger partial charge in [-0.2, -0.15) is 0 Å². The molecule has 0 saturated carbocycles. The van der Waals surface area contributed by atoms with Crippen LogP contribution in [0.15, 0.2) is 59.3 Å². The molecule has 0 unspecified atom stereocenters. The lowest BCUT2D eigenvalue weighted by atomic mass is 10.1. The van der Waals surface area contributed by atoms with Gasteiger partial charge in [-0.05, 0) is 48.5 Å². The third-order valence-corrected chi connectivity index (χ3v) is 3.27. The van der Waals surface area contributed by atoms with Gasteiger partial charge in [0, 0.05) is 11.3 Å². The minimum Gasteiger partial charge on any atom is -0.497 e. The predicted octanol–water partition coefficient (Wildman–Crippen LogP) is 3.74. The number of carbonyl (C=O) groups excluding carboxylic acids is 1. The Labute approximate surface area is 131 Å². The zero-order chi connectivity index (χ0) is 16.2. The first-order valence-electron chi connectivity index (χ1n) is 6.83. The number of hydrogen-bond donors (Lipinski definition) is 1. The number of anilines is 1. The minimum absolute atomic E-state index is 0.291. The van der Waals surface area contributed by atoms with Crippen LogP contribution in [0.5, 0.6) is 5.75 Å². The summed E-state index contributed by atoms with van der Waals surface area (Å²) in [7, 11) is 1.57. The molecule has 0 radical (unpaired) electrons. The smallest absolute Gasteiger partial charge is 0.261 e. The van der Waals surface area contributed by atoms with Crippen LogP contribution in [0.1, 0.15) is 10.4 Å². The second-order valence-electron chi connectivity index (χ2n) is 4.76. The zero-order valence-corrected chi connectivity index (χ0v) is 12.2. The molecule has 0 aliphatic carbocycles. The fraction of sp³-hybridized carbons (Fsp3) is 0.0588. The van der Waals surface area contributed by atoms with Crippen LogP contribution < -0.4 is 10.1 Å². The fourth-order valence-corrected chi connectivity index (χ4v) is 2.08. The Kier molecular flexibility index (Phi) is 4.05. The summed E-state index contributed by atoms with van der Waals surface area (Å²) in [4.78, 5) is 12.3. The van der Waals surface area contributed by atoms with Gasteiger partial charge in [0.1, 0.15) is 17.1 Å². The van der Waals surface area contributed by atoms with Crippen molar-refractivity contribution in [1.82, 2.24) is 5.16 Å². The summed E-state index contributed by atoms with van der Waals surface area (Å²) in [5.41, 5.74) is 1.48. The number of rotatable bonds is 4. The lowest BCUT2D eigenvalue weighted by molar-refractivity contribution is 0.102. The number of ether oxygens (including phenoxy) is 1. The normalized spacial score (nSPS) is 10.3. The van der Waals surface area contributed by atoms with E-state index < -0.39 is 0 Å². The molecular weight excluding hydrogens is 299 g/mol. The fourth-order valence-electron chi connectivity index (χ4n) is 2.08. The zero-order valence-electron chi connectivity index (χ0n) is 12.2. The van der Waals surface area contributed by atoms with Crippen LogP contribution in [0, 0.1) is 5.82 Å². The van der Waals surface area contributed by atoms with E-state index in [1.54, 1.807) is 31.4 Å². The third-order valence-electron chi connectivity index (χ3n) is 3.27. The van der Waals surface area contributed by atoms with E-state index in [0.717, 1.165) is 0 Å². The van der Waals surface area contributed by atoms with Crippen molar-refractivity contribution < 1.29 is 18.4 Å². The van der Waals surface area contributed by atoms with Crippen LogP contribution in [-0.4, -0.2) is 18.2 Å². The Morgan fingerprint density at radius 2 is 1.83 bits per heavy atom. The number of methoxy groups -OCH3 is 1. The lowest BCUT2D eigenvalue weighted by Gasteiger charge is -2.05. The maximum absolute atomic E-state index is 12.9. The Hall–Kier alpha value is -3.15. The van der Waals surface area contributed by atoms with Crippen molar-refractivity contribution in [2.24, 2.45) is 0 Å². The van der Waals surface area contributed by atoms with Gasteiger partial charge in [0.2, 0.25) is 0 Å². The first kappa shape index (κ1) is 14.8. The molecule has 5 nitrogen and oxygen atoms in total. The SMILES string of the molecule is COc1ccc(-c2oncc2C(=O)Nc2ccc(F)cc2)cc1. The number of carbonyl (C=O) groups is 1. The number of halogens is 1. The summed E-state index contributed by atoms with van der Waals surface area (Å²) < 4.78 is 23.2. The highest BCUT2D eigenvalue weighted by atomic mass is 19.1. The van der Waals surface area contributed by atoms with Crippen molar-refractivity contribution in [2.45, 2.75) is 0 Å². The van der Waals surface area contributed by atoms with Gasteiger partial charge in [0.25, 0.3) is 5.91 Å². The minimum atomic E-state index is -0.385. The Morgan fingerprint density at radius 3 is 2.48 bits per heavy atom. The maximum Gasteiger partial charge on any atom is 0.261 e. The molecule has 3 rings (SSSR count). The number of hydrogen-bond acceptors (Lipinski definition) is 4. The number of nitrogens with one attached hydrogen (secondary N) is 1. The van der Waals surface area contributed by atoms with E-state index in [1.807, 2.05) is 0 Å². The first-order valence-corrected chi connectivity index (χ1v) is 6.83. The molecule has 1 aromatic heterocycles. The van der Waals surface area contributed by atoms with Gasteiger partial charge in [-0.1, -0.05) is 5.16 Å². The highest BCUT2D eigenvalue weighted by molar-refractivity contribution is 6.07. The van der Waals surface area contributed by atoms with Gasteiger partial charge in [-0.15, -0.1) is 0 Å². The van der Waals surface area contributed by atoms with E-state index in [0.29, 0.717) is 28.3 Å². The highest BCUT2D eigenvalue weighted by Crippen LogP contribution is 2.26. The molecule has 1 N–H and O–H groups in total. The molecule has 0 aliphatic heterocycles. The van der Waals surface area contributed by atoms with Crippen LogP contribution in [-0.2, 0) is 0 Å². The summed E-state index contributed by atoms with van der Waals surface area (Å²) in [5.74, 6) is 0.299. The van der Waals surface area contributed by atoms with E-state index in [4.69, 9.17) is 9.26 Å². The van der Waals surface area contributed by atoms with E-state index in [-0.39, 0.29) is 11.7 Å². The molecule has 3 aromatic rings. The van der Waals surface area contributed by atoms with Crippen molar-refractivity contribution in [1.29, 1.82) is 0 Å². The molecule has 0 bridgehead atoms. The van der Waals surface area contributed by atoms with Gasteiger partial charge in [-0.3, -0.25) is 4.79 Å². The lowest BCUT2D eigenvalue weighted by Crippen LogP contribution is -2.12. The molecule has 1 amide bonds. The molecule has 0 saturated heterocycles. The van der Waals surface area contributed by atoms with E-state index in [1.165, 1.54) is 30.5 Å². The van der Waals surface area contributed by atoms with E-state index >= 15 is 0 Å². The number of aromatic nitrogens is 1. The molecule has 23 heavy (non-hydrogen) atoms. The predicted molar refractivity (Wildman–Crippen MR) is 82.8 cm³/mol. The average molecular weight is 312 g/mol. The number of amides is 1. The van der Waals surface area contributed by atoms with Gasteiger partial charge in [0.05, 0.1) is 13.3 Å². The standard InChI is InChI=1S/C17H13FN2O3/c1-22-14-8-2-11(3-9-14)16-15(10-19-23-16)17(21)20-13-6-4-12(18)5-7-13/h2-10H,1H3,(H,20,21). The molecule has 0 aliphatic rings. The summed E-state index contributed by atoms with van der Waals surface area (Å²) in [6, 6.07) is 12.6. The van der Waals surface area contributed by atoms with Crippen molar-refractivity contribution in [3.05, 3.63) is 66.1 Å². The van der Waals surface area contributed by atoms with Gasteiger partial charge >= 0.3 is 0 Å². The molecular formula is C17H13FN2O3. The molecule has 2 aromatic carbocycles. The Balaban J connectivity index is 1.84. The van der Waals surface area contributed by atoms with E-state index in [2.05, 4.69) is 10.5 Å².